The molecule has 1 N–H and O–H groups in total. The average molecular weight is 368 g/mol. The molecule has 0 heterocycles. The number of aliphatic hydroxyl groups is 1. The molecule has 2 aromatic carbocycles. The SMILES string of the molecule is COc1cc(C)c(C(O)c2ccccc2I)cc1C. The van der Waals surface area contributed by atoms with E-state index in [9.17, 15) is 5.11 Å². The molecule has 0 aromatic heterocycles. The first-order chi connectivity index (χ1) is 9.04. The van der Waals surface area contributed by atoms with Gasteiger partial charge < -0.3 is 9.84 Å². The average Bonchev–Trinajstić information content (AvgIpc) is 2.40. The van der Waals surface area contributed by atoms with Crippen molar-refractivity contribution in [1.29, 1.82) is 0 Å². The Hall–Kier alpha value is -1.07. The normalized spacial score (nSPS) is 12.3. The molecule has 2 rings (SSSR count). The number of aliphatic hydroxyl groups excluding tert-OH is 1. The third kappa shape index (κ3) is 2.92. The maximum atomic E-state index is 10.6. The van der Waals surface area contributed by atoms with Crippen LogP contribution in [0.1, 0.15) is 28.4 Å². The van der Waals surface area contributed by atoms with E-state index in [1.807, 2.05) is 50.2 Å². The Morgan fingerprint density at radius 1 is 1.05 bits per heavy atom. The van der Waals surface area contributed by atoms with E-state index < -0.39 is 6.10 Å². The summed E-state index contributed by atoms with van der Waals surface area (Å²) in [5.74, 6) is 0.858. The summed E-state index contributed by atoms with van der Waals surface area (Å²) in [4.78, 5) is 0. The number of hydrogen-bond donors (Lipinski definition) is 1. The molecule has 0 saturated heterocycles. The molecular weight excluding hydrogens is 351 g/mol. The molecular formula is C16H17IO2. The van der Waals surface area contributed by atoms with Gasteiger partial charge in [-0.2, -0.15) is 0 Å². The number of halogens is 1. The van der Waals surface area contributed by atoms with Gasteiger partial charge in [-0.1, -0.05) is 18.2 Å². The largest absolute Gasteiger partial charge is 0.496 e. The molecule has 2 nitrogen and oxygen atoms in total. The van der Waals surface area contributed by atoms with Crippen molar-refractivity contribution in [3.05, 3.63) is 62.2 Å². The second-order valence-corrected chi connectivity index (χ2v) is 5.76. The summed E-state index contributed by atoms with van der Waals surface area (Å²) in [6.07, 6.45) is -0.599. The Morgan fingerprint density at radius 2 is 1.74 bits per heavy atom. The van der Waals surface area contributed by atoms with E-state index in [1.165, 1.54) is 0 Å². The Labute approximate surface area is 127 Å². The van der Waals surface area contributed by atoms with Crippen molar-refractivity contribution in [3.8, 4) is 5.75 Å². The maximum Gasteiger partial charge on any atom is 0.122 e. The van der Waals surface area contributed by atoms with Crippen LogP contribution >= 0.6 is 22.6 Å². The zero-order valence-corrected chi connectivity index (χ0v) is 13.4. The Kier molecular flexibility index (Phi) is 4.47. The van der Waals surface area contributed by atoms with Crippen molar-refractivity contribution in [2.45, 2.75) is 20.0 Å². The molecule has 1 atom stereocenters. The fourth-order valence-corrected chi connectivity index (χ4v) is 2.87. The van der Waals surface area contributed by atoms with Crippen LogP contribution in [0.2, 0.25) is 0 Å². The minimum Gasteiger partial charge on any atom is -0.496 e. The van der Waals surface area contributed by atoms with Crippen molar-refractivity contribution in [2.75, 3.05) is 7.11 Å². The molecule has 1 unspecified atom stereocenters. The maximum absolute atomic E-state index is 10.6. The minimum absolute atomic E-state index is 0.599. The molecule has 0 saturated carbocycles. The van der Waals surface area contributed by atoms with Gasteiger partial charge in [-0.25, -0.2) is 0 Å². The van der Waals surface area contributed by atoms with Gasteiger partial charge in [-0.15, -0.1) is 0 Å². The molecule has 0 aliphatic heterocycles. The van der Waals surface area contributed by atoms with Gasteiger partial charge >= 0.3 is 0 Å². The van der Waals surface area contributed by atoms with E-state index in [2.05, 4.69) is 22.6 Å². The fraction of sp³-hybridized carbons (Fsp3) is 0.250. The molecule has 2 aromatic rings. The van der Waals surface area contributed by atoms with E-state index in [4.69, 9.17) is 4.74 Å². The zero-order chi connectivity index (χ0) is 14.0. The number of benzene rings is 2. The second kappa shape index (κ2) is 5.92. The van der Waals surface area contributed by atoms with Gasteiger partial charge in [-0.05, 0) is 76.9 Å². The van der Waals surface area contributed by atoms with E-state index in [1.54, 1.807) is 7.11 Å². The lowest BCUT2D eigenvalue weighted by atomic mass is 9.95. The lowest BCUT2D eigenvalue weighted by Crippen LogP contribution is -2.05. The summed E-state index contributed by atoms with van der Waals surface area (Å²) in [7, 11) is 1.66. The van der Waals surface area contributed by atoms with Gasteiger partial charge in [0, 0.05) is 3.57 Å². The van der Waals surface area contributed by atoms with E-state index in [0.717, 1.165) is 31.6 Å². The van der Waals surface area contributed by atoms with Gasteiger partial charge in [0.2, 0.25) is 0 Å². The van der Waals surface area contributed by atoms with Gasteiger partial charge in [0.1, 0.15) is 11.9 Å². The molecule has 0 bridgehead atoms. The van der Waals surface area contributed by atoms with Gasteiger partial charge in [-0.3, -0.25) is 0 Å². The van der Waals surface area contributed by atoms with Crippen molar-refractivity contribution >= 4 is 22.6 Å². The summed E-state index contributed by atoms with van der Waals surface area (Å²) < 4.78 is 6.38. The zero-order valence-electron chi connectivity index (χ0n) is 11.3. The summed E-state index contributed by atoms with van der Waals surface area (Å²) >= 11 is 2.25. The predicted molar refractivity (Wildman–Crippen MR) is 85.7 cm³/mol. The highest BCUT2D eigenvalue weighted by atomic mass is 127. The monoisotopic (exact) mass is 368 g/mol. The van der Waals surface area contributed by atoms with Gasteiger partial charge in [0.15, 0.2) is 0 Å². The van der Waals surface area contributed by atoms with Crippen molar-refractivity contribution in [2.24, 2.45) is 0 Å². The molecule has 0 fully saturated rings. The second-order valence-electron chi connectivity index (χ2n) is 4.60. The first-order valence-corrected chi connectivity index (χ1v) is 7.20. The smallest absolute Gasteiger partial charge is 0.122 e. The molecule has 3 heteroatoms. The van der Waals surface area contributed by atoms with Crippen molar-refractivity contribution in [3.63, 3.8) is 0 Å². The highest BCUT2D eigenvalue weighted by Gasteiger charge is 2.16. The quantitative estimate of drug-likeness (QED) is 0.830. The summed E-state index contributed by atoms with van der Waals surface area (Å²) in [6, 6.07) is 11.9. The van der Waals surface area contributed by atoms with Crippen molar-refractivity contribution in [1.82, 2.24) is 0 Å². The lowest BCUT2D eigenvalue weighted by molar-refractivity contribution is 0.218. The summed E-state index contributed by atoms with van der Waals surface area (Å²) in [5.41, 5.74) is 3.95. The molecule has 19 heavy (non-hydrogen) atoms. The van der Waals surface area contributed by atoms with E-state index >= 15 is 0 Å². The molecule has 0 amide bonds. The molecule has 100 valence electrons. The molecule has 0 radical (unpaired) electrons. The number of rotatable bonds is 3. The molecule has 0 aliphatic carbocycles. The highest BCUT2D eigenvalue weighted by Crippen LogP contribution is 2.31. The topological polar surface area (TPSA) is 29.5 Å². The van der Waals surface area contributed by atoms with Gasteiger partial charge in [0.05, 0.1) is 7.11 Å². The van der Waals surface area contributed by atoms with Crippen LogP contribution in [0.15, 0.2) is 36.4 Å². The third-order valence-corrected chi connectivity index (χ3v) is 4.26. The standard InChI is InChI=1S/C16H17IO2/c1-10-9-15(19-3)11(2)8-13(10)16(18)12-6-4-5-7-14(12)17/h4-9,16,18H,1-3H3. The van der Waals surface area contributed by atoms with Crippen LogP contribution in [-0.4, -0.2) is 12.2 Å². The first-order valence-electron chi connectivity index (χ1n) is 6.12. The van der Waals surface area contributed by atoms with E-state index in [0.29, 0.717) is 0 Å². The molecule has 0 aliphatic rings. The third-order valence-electron chi connectivity index (χ3n) is 3.28. The van der Waals surface area contributed by atoms with Gasteiger partial charge in [0.25, 0.3) is 0 Å². The van der Waals surface area contributed by atoms with Crippen LogP contribution in [0.5, 0.6) is 5.75 Å². The minimum atomic E-state index is -0.599. The number of hydrogen-bond acceptors (Lipinski definition) is 2. The van der Waals surface area contributed by atoms with Crippen molar-refractivity contribution < 1.29 is 9.84 Å². The highest BCUT2D eigenvalue weighted by molar-refractivity contribution is 14.1. The van der Waals surface area contributed by atoms with Crippen LogP contribution in [0.4, 0.5) is 0 Å². The van der Waals surface area contributed by atoms with Crippen LogP contribution in [0.3, 0.4) is 0 Å². The predicted octanol–water partition coefficient (Wildman–Crippen LogP) is 4.00. The first kappa shape index (κ1) is 14.3. The van der Waals surface area contributed by atoms with E-state index in [-0.39, 0.29) is 0 Å². The summed E-state index contributed by atoms with van der Waals surface area (Å²) in [6.45, 7) is 3.99. The Morgan fingerprint density at radius 3 is 2.37 bits per heavy atom. The number of methoxy groups -OCH3 is 1. The fourth-order valence-electron chi connectivity index (χ4n) is 2.19. The summed E-state index contributed by atoms with van der Waals surface area (Å²) in [5, 5.41) is 10.6. The Balaban J connectivity index is 2.48. The van der Waals surface area contributed by atoms with Crippen LogP contribution in [0, 0.1) is 17.4 Å². The Bertz CT molecular complexity index is 593. The molecule has 0 spiro atoms. The lowest BCUT2D eigenvalue weighted by Gasteiger charge is -2.18. The van der Waals surface area contributed by atoms with Crippen LogP contribution in [-0.2, 0) is 0 Å². The van der Waals surface area contributed by atoms with Crippen LogP contribution in [0.25, 0.3) is 0 Å². The van der Waals surface area contributed by atoms with Crippen LogP contribution < -0.4 is 4.74 Å². The number of aryl methyl sites for hydroxylation is 2. The number of ether oxygens (including phenoxy) is 1.